The topological polar surface area (TPSA) is 86.3 Å². The van der Waals surface area contributed by atoms with Gasteiger partial charge in [-0.3, -0.25) is 9.59 Å². The summed E-state index contributed by atoms with van der Waals surface area (Å²) in [6.07, 6.45) is 3.64. The Bertz CT molecular complexity index is 1100. The van der Waals surface area contributed by atoms with E-state index >= 15 is 0 Å². The van der Waals surface area contributed by atoms with Crippen molar-refractivity contribution >= 4 is 17.4 Å². The molecule has 2 aromatic carbocycles. The number of aromatic amines is 1. The molecule has 30 heavy (non-hydrogen) atoms. The fourth-order valence-electron chi connectivity index (χ4n) is 3.63. The van der Waals surface area contributed by atoms with Gasteiger partial charge in [0.05, 0.1) is 17.9 Å². The number of aromatic nitrogens is 2. The Labute approximate surface area is 172 Å². The minimum Gasteiger partial charge on any atom is -0.507 e. The summed E-state index contributed by atoms with van der Waals surface area (Å²) in [5, 5.41) is 10.9. The lowest BCUT2D eigenvalue weighted by atomic mass is 9.95. The molecule has 0 aliphatic carbocycles. The van der Waals surface area contributed by atoms with Gasteiger partial charge in [-0.25, -0.2) is 9.37 Å². The second kappa shape index (κ2) is 7.94. The molecule has 0 spiro atoms. The Morgan fingerprint density at radius 3 is 2.47 bits per heavy atom. The minimum atomic E-state index is -0.810. The number of benzene rings is 2. The fraction of sp³-hybridized carbons (Fsp3) is 0.174. The van der Waals surface area contributed by atoms with Crippen LogP contribution in [0.5, 0.6) is 0 Å². The van der Waals surface area contributed by atoms with E-state index in [1.807, 2.05) is 19.1 Å². The molecular weight excluding hydrogens is 385 g/mol. The van der Waals surface area contributed by atoms with Crippen molar-refractivity contribution in [1.82, 2.24) is 14.9 Å². The number of hydrogen-bond donors (Lipinski definition) is 2. The van der Waals surface area contributed by atoms with Crippen molar-refractivity contribution < 1.29 is 19.1 Å². The molecule has 7 heteroatoms. The fourth-order valence-corrected chi connectivity index (χ4v) is 3.63. The number of aliphatic hydroxyl groups excluding tert-OH is 1. The first-order chi connectivity index (χ1) is 14.5. The second-order valence-electron chi connectivity index (χ2n) is 7.24. The average molecular weight is 405 g/mol. The number of hydrogen-bond acceptors (Lipinski definition) is 4. The zero-order valence-electron chi connectivity index (χ0n) is 16.3. The maximum atomic E-state index is 13.5. The van der Waals surface area contributed by atoms with Gasteiger partial charge in [-0.2, -0.15) is 0 Å². The Morgan fingerprint density at radius 1 is 1.13 bits per heavy atom. The van der Waals surface area contributed by atoms with Gasteiger partial charge in [0.15, 0.2) is 0 Å². The first kappa shape index (κ1) is 19.6. The first-order valence-electron chi connectivity index (χ1n) is 9.54. The third-order valence-corrected chi connectivity index (χ3v) is 5.23. The van der Waals surface area contributed by atoms with Crippen LogP contribution in [-0.2, 0) is 16.0 Å². The van der Waals surface area contributed by atoms with Gasteiger partial charge in [0.1, 0.15) is 11.6 Å². The maximum absolute atomic E-state index is 13.5. The Morgan fingerprint density at radius 2 is 1.83 bits per heavy atom. The Hall–Kier alpha value is -3.74. The van der Waals surface area contributed by atoms with Gasteiger partial charge in [-0.1, -0.05) is 42.0 Å². The Kier molecular flexibility index (Phi) is 5.18. The number of halogens is 1. The van der Waals surface area contributed by atoms with Crippen LogP contribution in [0.15, 0.2) is 66.6 Å². The summed E-state index contributed by atoms with van der Waals surface area (Å²) < 4.78 is 13.5. The van der Waals surface area contributed by atoms with Crippen LogP contribution in [0.4, 0.5) is 4.39 Å². The average Bonchev–Trinajstić information content (AvgIpc) is 3.34. The zero-order valence-corrected chi connectivity index (χ0v) is 16.3. The van der Waals surface area contributed by atoms with Crippen LogP contribution in [0.1, 0.15) is 28.4 Å². The molecule has 0 saturated carbocycles. The predicted molar refractivity (Wildman–Crippen MR) is 109 cm³/mol. The van der Waals surface area contributed by atoms with Crippen LogP contribution >= 0.6 is 0 Å². The third kappa shape index (κ3) is 3.61. The van der Waals surface area contributed by atoms with Gasteiger partial charge in [-0.15, -0.1) is 0 Å². The molecule has 1 aliphatic rings. The van der Waals surface area contributed by atoms with Crippen molar-refractivity contribution in [2.24, 2.45) is 0 Å². The number of amides is 1. The highest BCUT2D eigenvalue weighted by Gasteiger charge is 2.45. The van der Waals surface area contributed by atoms with Gasteiger partial charge in [0, 0.05) is 30.4 Å². The molecule has 1 unspecified atom stereocenters. The molecule has 1 amide bonds. The SMILES string of the molecule is Cc1ccc(C(O)=C2C(=O)C(=O)N(CCc3cnc[nH]3)C2c2ccc(F)cc2)cc1. The molecule has 3 aromatic rings. The number of carbonyl (C=O) groups is 2. The number of aryl methyl sites for hydroxylation is 1. The highest BCUT2D eigenvalue weighted by atomic mass is 19.1. The highest BCUT2D eigenvalue weighted by Crippen LogP contribution is 2.39. The van der Waals surface area contributed by atoms with Crippen LogP contribution < -0.4 is 0 Å². The lowest BCUT2D eigenvalue weighted by Crippen LogP contribution is -2.31. The van der Waals surface area contributed by atoms with Crippen LogP contribution in [0, 0.1) is 12.7 Å². The molecule has 4 rings (SSSR count). The van der Waals surface area contributed by atoms with Crippen molar-refractivity contribution in [3.05, 3.63) is 94.8 Å². The second-order valence-corrected chi connectivity index (χ2v) is 7.24. The lowest BCUT2D eigenvalue weighted by molar-refractivity contribution is -0.139. The number of aliphatic hydroxyl groups is 1. The molecule has 1 saturated heterocycles. The van der Waals surface area contributed by atoms with E-state index in [9.17, 15) is 19.1 Å². The molecule has 2 heterocycles. The van der Waals surface area contributed by atoms with E-state index < -0.39 is 23.5 Å². The number of rotatable bonds is 5. The quantitative estimate of drug-likeness (QED) is 0.386. The number of nitrogens with one attached hydrogen (secondary N) is 1. The minimum absolute atomic E-state index is 0.0000666. The molecule has 1 atom stereocenters. The monoisotopic (exact) mass is 405 g/mol. The summed E-state index contributed by atoms with van der Waals surface area (Å²) in [6, 6.07) is 11.8. The molecule has 0 bridgehead atoms. The van der Waals surface area contributed by atoms with E-state index in [0.717, 1.165) is 11.3 Å². The number of ketones is 1. The van der Waals surface area contributed by atoms with Crippen LogP contribution in [-0.4, -0.2) is 38.2 Å². The summed E-state index contributed by atoms with van der Waals surface area (Å²) in [4.78, 5) is 34.1. The number of imidazole rings is 1. The molecular formula is C23H20FN3O3. The van der Waals surface area contributed by atoms with Crippen molar-refractivity contribution in [3.63, 3.8) is 0 Å². The third-order valence-electron chi connectivity index (χ3n) is 5.23. The van der Waals surface area contributed by atoms with Gasteiger partial charge in [0.25, 0.3) is 11.7 Å². The molecule has 1 fully saturated rings. The maximum Gasteiger partial charge on any atom is 0.295 e. The highest BCUT2D eigenvalue weighted by molar-refractivity contribution is 6.46. The van der Waals surface area contributed by atoms with Crippen molar-refractivity contribution in [3.8, 4) is 0 Å². The molecule has 1 aliphatic heterocycles. The molecule has 152 valence electrons. The van der Waals surface area contributed by atoms with E-state index in [2.05, 4.69) is 9.97 Å². The zero-order chi connectivity index (χ0) is 21.3. The van der Waals surface area contributed by atoms with E-state index in [1.54, 1.807) is 18.3 Å². The van der Waals surface area contributed by atoms with E-state index in [-0.39, 0.29) is 17.9 Å². The summed E-state index contributed by atoms with van der Waals surface area (Å²) >= 11 is 0. The van der Waals surface area contributed by atoms with E-state index in [1.165, 1.54) is 35.5 Å². The number of H-pyrrole nitrogens is 1. The molecule has 1 aromatic heterocycles. The van der Waals surface area contributed by atoms with Crippen molar-refractivity contribution in [1.29, 1.82) is 0 Å². The van der Waals surface area contributed by atoms with Gasteiger partial charge < -0.3 is 15.0 Å². The van der Waals surface area contributed by atoms with Crippen molar-refractivity contribution in [2.75, 3.05) is 6.54 Å². The van der Waals surface area contributed by atoms with E-state index in [0.29, 0.717) is 17.5 Å². The van der Waals surface area contributed by atoms with Crippen molar-refractivity contribution in [2.45, 2.75) is 19.4 Å². The number of carbonyl (C=O) groups excluding carboxylic acids is 2. The largest absolute Gasteiger partial charge is 0.507 e. The number of likely N-dealkylation sites (tertiary alicyclic amines) is 1. The molecule has 6 nitrogen and oxygen atoms in total. The molecule has 2 N–H and O–H groups in total. The smallest absolute Gasteiger partial charge is 0.295 e. The lowest BCUT2D eigenvalue weighted by Gasteiger charge is -2.25. The van der Waals surface area contributed by atoms with E-state index in [4.69, 9.17) is 0 Å². The van der Waals surface area contributed by atoms with Gasteiger partial charge in [-0.05, 0) is 24.6 Å². The first-order valence-corrected chi connectivity index (χ1v) is 9.54. The Balaban J connectivity index is 1.79. The van der Waals surface area contributed by atoms with Crippen LogP contribution in [0.2, 0.25) is 0 Å². The van der Waals surface area contributed by atoms with Gasteiger partial charge in [0.2, 0.25) is 0 Å². The summed E-state index contributed by atoms with van der Waals surface area (Å²) in [5.41, 5.74) is 2.81. The summed E-state index contributed by atoms with van der Waals surface area (Å²) in [5.74, 6) is -2.12. The standard InChI is InChI=1S/C23H20FN3O3/c1-14-2-4-16(5-3-14)21(28)19-20(15-6-8-17(24)9-7-15)27(23(30)22(19)29)11-10-18-12-25-13-26-18/h2-9,12-13,20,28H,10-11H2,1H3,(H,25,26). The van der Waals surface area contributed by atoms with Crippen LogP contribution in [0.25, 0.3) is 5.76 Å². The predicted octanol–water partition coefficient (Wildman–Crippen LogP) is 3.52. The molecule has 0 radical (unpaired) electrons. The number of Topliss-reactive ketones (excluding diaryl/α,β-unsaturated/α-hetero) is 1. The number of nitrogens with zero attached hydrogens (tertiary/aromatic N) is 2. The van der Waals surface area contributed by atoms with Gasteiger partial charge >= 0.3 is 0 Å². The normalized spacial score (nSPS) is 18.2. The summed E-state index contributed by atoms with van der Waals surface area (Å²) in [7, 11) is 0. The van der Waals surface area contributed by atoms with Crippen LogP contribution in [0.3, 0.4) is 0 Å². The summed E-state index contributed by atoms with van der Waals surface area (Å²) in [6.45, 7) is 2.15.